The summed E-state index contributed by atoms with van der Waals surface area (Å²) in [6, 6.07) is 0. The van der Waals surface area contributed by atoms with Crippen LogP contribution < -0.4 is 5.73 Å². The van der Waals surface area contributed by atoms with Crippen LogP contribution in [0.25, 0.3) is 0 Å². The van der Waals surface area contributed by atoms with E-state index in [1.165, 1.54) is 32.1 Å². The smallest absolute Gasteiger partial charge is 0.233 e. The third-order valence-corrected chi connectivity index (χ3v) is 5.40. The van der Waals surface area contributed by atoms with Crippen molar-refractivity contribution in [3.05, 3.63) is 0 Å². The largest absolute Gasteiger partial charge is 0.409 e. The van der Waals surface area contributed by atoms with Crippen LogP contribution in [-0.4, -0.2) is 34.9 Å². The molecule has 0 aromatic heterocycles. The van der Waals surface area contributed by atoms with Crippen molar-refractivity contribution in [3.8, 4) is 0 Å². The van der Waals surface area contributed by atoms with E-state index in [2.05, 4.69) is 5.16 Å². The van der Waals surface area contributed by atoms with Gasteiger partial charge in [-0.25, -0.2) is 0 Å². The van der Waals surface area contributed by atoms with Gasteiger partial charge >= 0.3 is 0 Å². The summed E-state index contributed by atoms with van der Waals surface area (Å²) in [6.45, 7) is 3.67. The van der Waals surface area contributed by atoms with Gasteiger partial charge in [0, 0.05) is 13.1 Å². The van der Waals surface area contributed by atoms with Crippen LogP contribution >= 0.6 is 0 Å². The lowest BCUT2D eigenvalue weighted by Crippen LogP contribution is -2.48. The zero-order chi connectivity index (χ0) is 15.3. The van der Waals surface area contributed by atoms with E-state index in [9.17, 15) is 4.79 Å². The first-order valence-corrected chi connectivity index (χ1v) is 8.38. The molecule has 5 nitrogen and oxygen atoms in total. The number of carbonyl (C=O) groups is 1. The lowest BCUT2D eigenvalue weighted by Gasteiger charge is -2.44. The van der Waals surface area contributed by atoms with Crippen LogP contribution in [0.4, 0.5) is 0 Å². The minimum atomic E-state index is -0.458. The van der Waals surface area contributed by atoms with Crippen molar-refractivity contribution in [2.75, 3.05) is 13.1 Å². The summed E-state index contributed by atoms with van der Waals surface area (Å²) in [5.41, 5.74) is 6.19. The minimum Gasteiger partial charge on any atom is -0.409 e. The van der Waals surface area contributed by atoms with Crippen molar-refractivity contribution in [1.82, 2.24) is 4.90 Å². The van der Waals surface area contributed by atoms with Crippen molar-refractivity contribution in [2.45, 2.75) is 64.7 Å². The molecule has 0 bridgehead atoms. The Labute approximate surface area is 127 Å². The van der Waals surface area contributed by atoms with E-state index in [0.717, 1.165) is 32.4 Å². The second-order valence-corrected chi connectivity index (χ2v) is 6.75. The normalized spacial score (nSPS) is 24.0. The van der Waals surface area contributed by atoms with Crippen LogP contribution in [0.3, 0.4) is 0 Å². The summed E-state index contributed by atoms with van der Waals surface area (Å²) in [6.07, 6.45) is 10.4. The summed E-state index contributed by atoms with van der Waals surface area (Å²) in [5.74, 6) is -0.363. The van der Waals surface area contributed by atoms with Crippen LogP contribution in [0, 0.1) is 11.3 Å². The van der Waals surface area contributed by atoms with Gasteiger partial charge in [0.2, 0.25) is 5.91 Å². The summed E-state index contributed by atoms with van der Waals surface area (Å²) in [7, 11) is 0. The molecule has 0 aromatic rings. The van der Waals surface area contributed by atoms with Gasteiger partial charge in [0.1, 0.15) is 0 Å². The number of piperidine rings is 1. The third kappa shape index (κ3) is 3.69. The molecule has 2 fully saturated rings. The highest BCUT2D eigenvalue weighted by atomic mass is 16.4. The highest BCUT2D eigenvalue weighted by Gasteiger charge is 2.38. The highest BCUT2D eigenvalue weighted by molar-refractivity contribution is 6.02. The number of hydrogen-bond acceptors (Lipinski definition) is 3. The number of carbonyl (C=O) groups excluding carboxylic acids is 1. The number of oxime groups is 1. The molecule has 1 aliphatic carbocycles. The van der Waals surface area contributed by atoms with Crippen molar-refractivity contribution < 1.29 is 10.0 Å². The number of amides is 1. The lowest BCUT2D eigenvalue weighted by atomic mass is 9.68. The van der Waals surface area contributed by atoms with E-state index >= 15 is 0 Å². The van der Waals surface area contributed by atoms with Crippen molar-refractivity contribution in [1.29, 1.82) is 0 Å². The second kappa shape index (κ2) is 7.14. The molecule has 1 heterocycles. The highest BCUT2D eigenvalue weighted by Crippen LogP contribution is 2.44. The van der Waals surface area contributed by atoms with Gasteiger partial charge in [0.05, 0.1) is 5.92 Å². The van der Waals surface area contributed by atoms with Gasteiger partial charge in [-0.05, 0) is 37.5 Å². The average molecular weight is 295 g/mol. The Hall–Kier alpha value is -1.26. The topological polar surface area (TPSA) is 78.9 Å². The number of nitrogens with two attached hydrogens (primary N) is 1. The monoisotopic (exact) mass is 295 g/mol. The molecule has 120 valence electrons. The van der Waals surface area contributed by atoms with Crippen LogP contribution in [0.15, 0.2) is 5.16 Å². The fourth-order valence-electron chi connectivity index (χ4n) is 3.98. The first-order valence-electron chi connectivity index (χ1n) is 8.38. The molecule has 1 aliphatic heterocycles. The molecular formula is C16H29N3O2. The van der Waals surface area contributed by atoms with Crippen LogP contribution in [0.2, 0.25) is 0 Å². The van der Waals surface area contributed by atoms with E-state index in [0.29, 0.717) is 11.8 Å². The van der Waals surface area contributed by atoms with Crippen LogP contribution in [-0.2, 0) is 4.79 Å². The van der Waals surface area contributed by atoms with Gasteiger partial charge < -0.3 is 15.8 Å². The maximum atomic E-state index is 12.6. The lowest BCUT2D eigenvalue weighted by molar-refractivity contribution is -0.136. The van der Waals surface area contributed by atoms with Crippen LogP contribution in [0.1, 0.15) is 64.7 Å². The quantitative estimate of drug-likeness (QED) is 0.362. The molecule has 1 atom stereocenters. The minimum absolute atomic E-state index is 0.0396. The predicted molar refractivity (Wildman–Crippen MR) is 83.1 cm³/mol. The molecule has 2 rings (SSSR count). The van der Waals surface area contributed by atoms with E-state index in [1.807, 2.05) is 11.8 Å². The molecule has 5 heteroatoms. The first kappa shape index (κ1) is 16.1. The summed E-state index contributed by atoms with van der Waals surface area (Å²) >= 11 is 0. The maximum absolute atomic E-state index is 12.6. The number of rotatable bonds is 4. The zero-order valence-corrected chi connectivity index (χ0v) is 13.2. The van der Waals surface area contributed by atoms with E-state index in [4.69, 9.17) is 10.9 Å². The number of amidine groups is 1. The predicted octanol–water partition coefficient (Wildman–Crippen LogP) is 2.72. The average Bonchev–Trinajstić information content (AvgIpc) is 2.53. The van der Waals surface area contributed by atoms with Crippen LogP contribution in [0.5, 0.6) is 0 Å². The SMILES string of the molecule is CCCC(C(=O)N1CCC2(CCCCC2)CC1)C(N)=NO. The second-order valence-electron chi connectivity index (χ2n) is 6.75. The molecule has 1 unspecified atom stereocenters. The maximum Gasteiger partial charge on any atom is 0.233 e. The molecule has 3 N–H and O–H groups in total. The summed E-state index contributed by atoms with van der Waals surface area (Å²) in [5, 5.41) is 11.9. The number of hydrogen-bond donors (Lipinski definition) is 2. The molecule has 1 saturated carbocycles. The molecule has 2 aliphatic rings. The fourth-order valence-corrected chi connectivity index (χ4v) is 3.98. The Morgan fingerprint density at radius 2 is 1.86 bits per heavy atom. The van der Waals surface area contributed by atoms with Gasteiger partial charge in [-0.3, -0.25) is 4.79 Å². The molecule has 0 radical (unpaired) electrons. The molecule has 21 heavy (non-hydrogen) atoms. The Morgan fingerprint density at radius 1 is 1.24 bits per heavy atom. The Balaban J connectivity index is 1.95. The molecule has 1 amide bonds. The van der Waals surface area contributed by atoms with Gasteiger partial charge in [-0.15, -0.1) is 0 Å². The first-order chi connectivity index (χ1) is 10.1. The van der Waals surface area contributed by atoms with Gasteiger partial charge in [-0.1, -0.05) is 37.8 Å². The van der Waals surface area contributed by atoms with E-state index in [1.54, 1.807) is 0 Å². The van der Waals surface area contributed by atoms with Crippen molar-refractivity contribution in [2.24, 2.45) is 22.2 Å². The summed E-state index contributed by atoms with van der Waals surface area (Å²) in [4.78, 5) is 14.5. The van der Waals surface area contributed by atoms with Gasteiger partial charge in [0.25, 0.3) is 0 Å². The Morgan fingerprint density at radius 3 is 2.38 bits per heavy atom. The molecule has 0 aromatic carbocycles. The molecular weight excluding hydrogens is 266 g/mol. The van der Waals surface area contributed by atoms with Crippen molar-refractivity contribution in [3.63, 3.8) is 0 Å². The molecule has 1 spiro atoms. The van der Waals surface area contributed by atoms with E-state index < -0.39 is 5.92 Å². The third-order valence-electron chi connectivity index (χ3n) is 5.40. The van der Waals surface area contributed by atoms with E-state index in [-0.39, 0.29) is 11.7 Å². The summed E-state index contributed by atoms with van der Waals surface area (Å²) < 4.78 is 0. The standard InChI is InChI=1S/C16H29N3O2/c1-2-6-13(14(17)18-21)15(20)19-11-9-16(10-12-19)7-4-3-5-8-16/h13,21H,2-12H2,1H3,(H2,17,18). The molecule has 1 saturated heterocycles. The Bertz CT molecular complexity index is 379. The van der Waals surface area contributed by atoms with Gasteiger partial charge in [0.15, 0.2) is 5.84 Å². The van der Waals surface area contributed by atoms with Gasteiger partial charge in [-0.2, -0.15) is 0 Å². The fraction of sp³-hybridized carbons (Fsp3) is 0.875. The number of nitrogens with zero attached hydrogens (tertiary/aromatic N) is 2. The zero-order valence-electron chi connectivity index (χ0n) is 13.2. The van der Waals surface area contributed by atoms with Crippen molar-refractivity contribution >= 4 is 11.7 Å². The Kier molecular flexibility index (Phi) is 5.48. The number of likely N-dealkylation sites (tertiary alicyclic amines) is 1.